The number of carbonyl (C=O) groups is 1. The molecule has 1 N–H and O–H groups in total. The number of methoxy groups -OCH3 is 1. The number of benzene rings is 2. The van der Waals surface area contributed by atoms with Gasteiger partial charge >= 0.3 is 0 Å². The van der Waals surface area contributed by atoms with Crippen molar-refractivity contribution in [2.45, 2.75) is 13.8 Å². The SMILES string of the molecule is COc1ccc(-n2c(C)cc(/C=N\NC(=O)c3ccc([N+](=O)[O-])cc3)c2C)cc1Cl. The van der Waals surface area contributed by atoms with E-state index in [2.05, 4.69) is 10.5 Å². The van der Waals surface area contributed by atoms with Gasteiger partial charge in [0.2, 0.25) is 0 Å². The van der Waals surface area contributed by atoms with Crippen molar-refractivity contribution in [3.63, 3.8) is 0 Å². The number of aryl methyl sites for hydroxylation is 1. The van der Waals surface area contributed by atoms with E-state index in [0.29, 0.717) is 10.8 Å². The van der Waals surface area contributed by atoms with Crippen LogP contribution in [0.15, 0.2) is 53.6 Å². The van der Waals surface area contributed by atoms with Crippen molar-refractivity contribution in [3.05, 3.63) is 86.2 Å². The van der Waals surface area contributed by atoms with E-state index < -0.39 is 10.8 Å². The van der Waals surface area contributed by atoms with Gasteiger partial charge in [-0.2, -0.15) is 5.10 Å². The van der Waals surface area contributed by atoms with Crippen LogP contribution in [0.2, 0.25) is 5.02 Å². The van der Waals surface area contributed by atoms with Crippen molar-refractivity contribution >= 4 is 29.4 Å². The first kappa shape index (κ1) is 21.1. The molecule has 3 aromatic rings. The summed E-state index contributed by atoms with van der Waals surface area (Å²) in [5.41, 5.74) is 6.21. The summed E-state index contributed by atoms with van der Waals surface area (Å²) < 4.78 is 7.21. The first-order chi connectivity index (χ1) is 14.3. The molecule has 0 aliphatic carbocycles. The molecule has 0 unspecified atom stereocenters. The molecule has 0 aliphatic rings. The molecule has 0 atom stereocenters. The number of hydrogen-bond donors (Lipinski definition) is 1. The number of aromatic nitrogens is 1. The lowest BCUT2D eigenvalue weighted by atomic mass is 10.2. The van der Waals surface area contributed by atoms with Crippen LogP contribution in [0.4, 0.5) is 5.69 Å². The van der Waals surface area contributed by atoms with Gasteiger partial charge in [0.1, 0.15) is 5.75 Å². The molecule has 30 heavy (non-hydrogen) atoms. The fourth-order valence-electron chi connectivity index (χ4n) is 3.07. The van der Waals surface area contributed by atoms with Gasteiger partial charge in [-0.25, -0.2) is 5.43 Å². The van der Waals surface area contributed by atoms with E-state index in [9.17, 15) is 14.9 Å². The van der Waals surface area contributed by atoms with Gasteiger partial charge < -0.3 is 9.30 Å². The molecule has 0 saturated heterocycles. The van der Waals surface area contributed by atoms with Gasteiger partial charge in [-0.15, -0.1) is 0 Å². The van der Waals surface area contributed by atoms with Crippen molar-refractivity contribution in [1.82, 2.24) is 9.99 Å². The molecule has 3 rings (SSSR count). The van der Waals surface area contributed by atoms with E-state index in [4.69, 9.17) is 16.3 Å². The van der Waals surface area contributed by atoms with Crippen molar-refractivity contribution in [3.8, 4) is 11.4 Å². The molecular formula is C21H19ClN4O4. The van der Waals surface area contributed by atoms with Crippen LogP contribution in [-0.4, -0.2) is 28.7 Å². The predicted molar refractivity (Wildman–Crippen MR) is 115 cm³/mol. The number of non-ortho nitro benzene ring substituents is 1. The second kappa shape index (κ2) is 8.79. The quantitative estimate of drug-likeness (QED) is 0.358. The average Bonchev–Trinajstić information content (AvgIpc) is 3.01. The maximum atomic E-state index is 12.2. The number of halogens is 1. The minimum atomic E-state index is -0.522. The molecule has 1 heterocycles. The van der Waals surface area contributed by atoms with Crippen LogP contribution in [-0.2, 0) is 0 Å². The fourth-order valence-corrected chi connectivity index (χ4v) is 3.32. The predicted octanol–water partition coefficient (Wildman–Crippen LogP) is 4.43. The number of hydrazone groups is 1. The van der Waals surface area contributed by atoms with Gasteiger partial charge in [0.15, 0.2) is 0 Å². The summed E-state index contributed by atoms with van der Waals surface area (Å²) in [5.74, 6) is 0.135. The summed E-state index contributed by atoms with van der Waals surface area (Å²) >= 11 is 6.25. The van der Waals surface area contributed by atoms with Gasteiger partial charge in [0, 0.05) is 40.3 Å². The van der Waals surface area contributed by atoms with E-state index in [1.807, 2.05) is 36.6 Å². The van der Waals surface area contributed by atoms with Crippen LogP contribution in [0.3, 0.4) is 0 Å². The number of rotatable bonds is 6. The zero-order valence-electron chi connectivity index (χ0n) is 16.5. The topological polar surface area (TPSA) is 98.8 Å². The number of nitrogens with one attached hydrogen (secondary N) is 1. The van der Waals surface area contributed by atoms with Crippen LogP contribution < -0.4 is 10.2 Å². The third-order valence-corrected chi connectivity index (χ3v) is 4.87. The van der Waals surface area contributed by atoms with Crippen molar-refractivity contribution in [2.24, 2.45) is 5.10 Å². The Balaban J connectivity index is 1.76. The Morgan fingerprint density at radius 3 is 2.50 bits per heavy atom. The Hall–Kier alpha value is -3.65. The molecule has 1 aromatic heterocycles. The van der Waals surface area contributed by atoms with E-state index in [0.717, 1.165) is 22.6 Å². The van der Waals surface area contributed by atoms with Crippen LogP contribution >= 0.6 is 11.6 Å². The number of nitro benzene ring substituents is 1. The molecule has 8 nitrogen and oxygen atoms in total. The summed E-state index contributed by atoms with van der Waals surface area (Å²) in [5, 5.41) is 15.2. The molecule has 0 saturated carbocycles. The third kappa shape index (κ3) is 4.33. The lowest BCUT2D eigenvalue weighted by Gasteiger charge is -2.11. The third-order valence-electron chi connectivity index (χ3n) is 4.57. The highest BCUT2D eigenvalue weighted by atomic mass is 35.5. The largest absolute Gasteiger partial charge is 0.495 e. The Labute approximate surface area is 177 Å². The highest BCUT2D eigenvalue weighted by Gasteiger charge is 2.12. The number of nitro groups is 1. The molecule has 9 heteroatoms. The number of ether oxygens (including phenoxy) is 1. The molecule has 154 valence electrons. The second-order valence-corrected chi connectivity index (χ2v) is 6.89. The van der Waals surface area contributed by atoms with Crippen LogP contribution in [0.1, 0.15) is 27.3 Å². The number of carbonyl (C=O) groups excluding carboxylic acids is 1. The molecule has 0 aliphatic heterocycles. The number of amides is 1. The lowest BCUT2D eigenvalue weighted by molar-refractivity contribution is -0.384. The minimum absolute atomic E-state index is 0.0823. The molecule has 0 fully saturated rings. The number of nitrogens with zero attached hydrogens (tertiary/aromatic N) is 3. The smallest absolute Gasteiger partial charge is 0.271 e. The standard InChI is InChI=1S/C21H19ClN4O4/c1-13-10-16(14(2)25(13)18-8-9-20(30-3)19(22)11-18)12-23-24-21(27)15-4-6-17(7-5-15)26(28)29/h4-12H,1-3H3,(H,24,27)/b23-12-. The lowest BCUT2D eigenvalue weighted by Crippen LogP contribution is -2.17. The van der Waals surface area contributed by atoms with Gasteiger partial charge in [0.25, 0.3) is 11.6 Å². The second-order valence-electron chi connectivity index (χ2n) is 6.48. The summed E-state index contributed by atoms with van der Waals surface area (Å²) in [6.45, 7) is 3.89. The van der Waals surface area contributed by atoms with Crippen LogP contribution in [0.5, 0.6) is 5.75 Å². The summed E-state index contributed by atoms with van der Waals surface area (Å²) in [7, 11) is 1.56. The van der Waals surface area contributed by atoms with Gasteiger partial charge in [-0.3, -0.25) is 14.9 Å². The normalized spacial score (nSPS) is 10.9. The van der Waals surface area contributed by atoms with Crippen LogP contribution in [0.25, 0.3) is 5.69 Å². The highest BCUT2D eigenvalue weighted by molar-refractivity contribution is 6.32. The Kier molecular flexibility index (Phi) is 6.17. The Morgan fingerprint density at radius 1 is 1.20 bits per heavy atom. The van der Waals surface area contributed by atoms with E-state index in [1.54, 1.807) is 19.4 Å². The molecule has 0 bridgehead atoms. The van der Waals surface area contributed by atoms with Gasteiger partial charge in [-0.05, 0) is 50.2 Å². The van der Waals surface area contributed by atoms with Gasteiger partial charge in [-0.1, -0.05) is 11.6 Å². The Bertz CT molecular complexity index is 1140. The zero-order valence-corrected chi connectivity index (χ0v) is 17.3. The fraction of sp³-hybridized carbons (Fsp3) is 0.143. The summed E-state index contributed by atoms with van der Waals surface area (Å²) in [6, 6.07) is 12.8. The van der Waals surface area contributed by atoms with E-state index in [1.165, 1.54) is 24.3 Å². The minimum Gasteiger partial charge on any atom is -0.495 e. The van der Waals surface area contributed by atoms with E-state index >= 15 is 0 Å². The maximum Gasteiger partial charge on any atom is 0.271 e. The molecular weight excluding hydrogens is 408 g/mol. The van der Waals surface area contributed by atoms with E-state index in [-0.39, 0.29) is 11.3 Å². The zero-order chi connectivity index (χ0) is 21.8. The molecule has 0 radical (unpaired) electrons. The summed E-state index contributed by atoms with van der Waals surface area (Å²) in [6.07, 6.45) is 1.55. The van der Waals surface area contributed by atoms with Crippen molar-refractivity contribution in [2.75, 3.05) is 7.11 Å². The van der Waals surface area contributed by atoms with Crippen molar-refractivity contribution < 1.29 is 14.5 Å². The maximum absolute atomic E-state index is 12.2. The monoisotopic (exact) mass is 426 g/mol. The van der Waals surface area contributed by atoms with Crippen molar-refractivity contribution in [1.29, 1.82) is 0 Å². The Morgan fingerprint density at radius 2 is 1.90 bits per heavy atom. The van der Waals surface area contributed by atoms with Crippen LogP contribution in [0, 0.1) is 24.0 Å². The first-order valence-corrected chi connectivity index (χ1v) is 9.30. The first-order valence-electron chi connectivity index (χ1n) is 8.92. The van der Waals surface area contributed by atoms with Gasteiger partial charge in [0.05, 0.1) is 23.3 Å². The molecule has 1 amide bonds. The summed E-state index contributed by atoms with van der Waals surface area (Å²) in [4.78, 5) is 22.3. The molecule has 2 aromatic carbocycles. The molecule has 0 spiro atoms. The highest BCUT2D eigenvalue weighted by Crippen LogP contribution is 2.29. The number of hydrogen-bond acceptors (Lipinski definition) is 5. The average molecular weight is 427 g/mol.